The van der Waals surface area contributed by atoms with E-state index in [2.05, 4.69) is 13.8 Å². The van der Waals surface area contributed by atoms with E-state index in [9.17, 15) is 14.3 Å². The van der Waals surface area contributed by atoms with E-state index in [4.69, 9.17) is 0 Å². The standard InChI is InChI=1S/C17H25FO2/c1-12(2)5-6-13-7-8-15(18)14(11-13)16(19)9-10-17(3,4)20/h7-8,11-12,20H,5-6,9-10H2,1-4H3. The minimum Gasteiger partial charge on any atom is -0.390 e. The molecule has 0 saturated heterocycles. The average molecular weight is 280 g/mol. The van der Waals surface area contributed by atoms with Gasteiger partial charge in [-0.3, -0.25) is 4.79 Å². The summed E-state index contributed by atoms with van der Waals surface area (Å²) in [6.07, 6.45) is 2.36. The Kier molecular flexibility index (Phi) is 5.88. The topological polar surface area (TPSA) is 37.3 Å². The van der Waals surface area contributed by atoms with E-state index in [1.165, 1.54) is 6.07 Å². The van der Waals surface area contributed by atoms with Gasteiger partial charge in [-0.25, -0.2) is 4.39 Å². The summed E-state index contributed by atoms with van der Waals surface area (Å²) in [6, 6.07) is 4.77. The van der Waals surface area contributed by atoms with E-state index in [0.29, 0.717) is 12.3 Å². The van der Waals surface area contributed by atoms with Crippen LogP contribution in [-0.4, -0.2) is 16.5 Å². The Balaban J connectivity index is 2.77. The number of rotatable bonds is 7. The third kappa shape index (κ3) is 5.83. The van der Waals surface area contributed by atoms with Gasteiger partial charge in [0.25, 0.3) is 0 Å². The first-order valence-corrected chi connectivity index (χ1v) is 7.23. The Bertz CT molecular complexity index is 459. The molecule has 0 unspecified atom stereocenters. The Hall–Kier alpha value is -1.22. The summed E-state index contributed by atoms with van der Waals surface area (Å²) in [5.74, 6) is -0.135. The van der Waals surface area contributed by atoms with Crippen LogP contribution in [0.1, 0.15) is 62.9 Å². The molecule has 3 heteroatoms. The van der Waals surface area contributed by atoms with Crippen LogP contribution in [0.2, 0.25) is 0 Å². The van der Waals surface area contributed by atoms with Crippen LogP contribution >= 0.6 is 0 Å². The third-order valence-corrected chi connectivity index (χ3v) is 3.31. The van der Waals surface area contributed by atoms with Crippen molar-refractivity contribution in [2.24, 2.45) is 5.92 Å². The molecule has 20 heavy (non-hydrogen) atoms. The van der Waals surface area contributed by atoms with Crippen molar-refractivity contribution in [3.8, 4) is 0 Å². The van der Waals surface area contributed by atoms with Gasteiger partial charge in [0.05, 0.1) is 11.2 Å². The Morgan fingerprint density at radius 1 is 1.35 bits per heavy atom. The zero-order valence-electron chi connectivity index (χ0n) is 12.9. The largest absolute Gasteiger partial charge is 0.390 e. The quantitative estimate of drug-likeness (QED) is 0.762. The number of benzene rings is 1. The molecule has 0 bridgehead atoms. The van der Waals surface area contributed by atoms with Crippen LogP contribution in [-0.2, 0) is 6.42 Å². The molecule has 1 N–H and O–H groups in total. The highest BCUT2D eigenvalue weighted by atomic mass is 19.1. The fourth-order valence-corrected chi connectivity index (χ4v) is 1.95. The molecule has 0 fully saturated rings. The Labute approximate surface area is 121 Å². The highest BCUT2D eigenvalue weighted by Gasteiger charge is 2.18. The Morgan fingerprint density at radius 3 is 2.55 bits per heavy atom. The lowest BCUT2D eigenvalue weighted by molar-refractivity contribution is 0.0631. The molecule has 1 aromatic carbocycles. The maximum Gasteiger partial charge on any atom is 0.165 e. The van der Waals surface area contributed by atoms with Gasteiger partial charge < -0.3 is 5.11 Å². The van der Waals surface area contributed by atoms with Crippen molar-refractivity contribution in [3.63, 3.8) is 0 Å². The van der Waals surface area contributed by atoms with Gasteiger partial charge in [0, 0.05) is 6.42 Å². The molecule has 1 aromatic rings. The van der Waals surface area contributed by atoms with Crippen molar-refractivity contribution < 1.29 is 14.3 Å². The molecule has 0 aliphatic heterocycles. The number of aliphatic hydroxyl groups is 1. The lowest BCUT2D eigenvalue weighted by Crippen LogP contribution is -2.20. The summed E-state index contributed by atoms with van der Waals surface area (Å²) >= 11 is 0. The first-order valence-electron chi connectivity index (χ1n) is 7.23. The van der Waals surface area contributed by atoms with E-state index < -0.39 is 11.4 Å². The van der Waals surface area contributed by atoms with Crippen molar-refractivity contribution in [3.05, 3.63) is 35.1 Å². The molecule has 0 aliphatic carbocycles. The number of halogens is 1. The van der Waals surface area contributed by atoms with Gasteiger partial charge in [0.2, 0.25) is 0 Å². The van der Waals surface area contributed by atoms with Crippen LogP contribution in [0, 0.1) is 11.7 Å². The number of carbonyl (C=O) groups excluding carboxylic acids is 1. The molecular formula is C17H25FO2. The van der Waals surface area contributed by atoms with Gasteiger partial charge in [0.1, 0.15) is 5.82 Å². The number of ketones is 1. The molecule has 0 aliphatic rings. The van der Waals surface area contributed by atoms with Gasteiger partial charge in [-0.1, -0.05) is 19.9 Å². The van der Waals surface area contributed by atoms with Gasteiger partial charge in [0.15, 0.2) is 5.78 Å². The molecule has 0 aromatic heterocycles. The van der Waals surface area contributed by atoms with Crippen LogP contribution in [0.3, 0.4) is 0 Å². The van der Waals surface area contributed by atoms with E-state index >= 15 is 0 Å². The minimum absolute atomic E-state index is 0.149. The molecule has 0 atom stereocenters. The number of hydrogen-bond acceptors (Lipinski definition) is 2. The number of hydrogen-bond donors (Lipinski definition) is 1. The zero-order chi connectivity index (χ0) is 15.3. The summed E-state index contributed by atoms with van der Waals surface area (Å²) in [5.41, 5.74) is 0.240. The predicted octanol–water partition coefficient (Wildman–Crippen LogP) is 4.15. The van der Waals surface area contributed by atoms with Gasteiger partial charge in [-0.15, -0.1) is 0 Å². The second-order valence-corrected chi connectivity index (χ2v) is 6.48. The van der Waals surface area contributed by atoms with Gasteiger partial charge >= 0.3 is 0 Å². The van der Waals surface area contributed by atoms with Crippen LogP contribution in [0.15, 0.2) is 18.2 Å². The summed E-state index contributed by atoms with van der Waals surface area (Å²) in [6.45, 7) is 7.57. The molecule has 112 valence electrons. The lowest BCUT2D eigenvalue weighted by Gasteiger charge is -2.16. The predicted molar refractivity (Wildman–Crippen MR) is 79.4 cm³/mol. The van der Waals surface area contributed by atoms with Crippen molar-refractivity contribution in [1.82, 2.24) is 0 Å². The maximum absolute atomic E-state index is 13.8. The molecule has 0 radical (unpaired) electrons. The molecule has 0 heterocycles. The SMILES string of the molecule is CC(C)CCc1ccc(F)c(C(=O)CCC(C)(C)O)c1. The van der Waals surface area contributed by atoms with Crippen molar-refractivity contribution in [2.45, 2.75) is 59.0 Å². The second kappa shape index (κ2) is 6.98. The Morgan fingerprint density at radius 2 is 2.00 bits per heavy atom. The molecule has 0 spiro atoms. The van der Waals surface area contributed by atoms with Crippen molar-refractivity contribution in [1.29, 1.82) is 0 Å². The smallest absolute Gasteiger partial charge is 0.165 e. The van der Waals surface area contributed by atoms with E-state index in [1.54, 1.807) is 26.0 Å². The highest BCUT2D eigenvalue weighted by Crippen LogP contribution is 2.19. The number of aryl methyl sites for hydroxylation is 1. The monoisotopic (exact) mass is 280 g/mol. The molecule has 2 nitrogen and oxygen atoms in total. The summed E-state index contributed by atoms with van der Waals surface area (Å²) in [5, 5.41) is 9.64. The molecule has 0 amide bonds. The minimum atomic E-state index is -0.901. The highest BCUT2D eigenvalue weighted by molar-refractivity contribution is 5.96. The van der Waals surface area contributed by atoms with Crippen LogP contribution < -0.4 is 0 Å². The third-order valence-electron chi connectivity index (χ3n) is 3.31. The lowest BCUT2D eigenvalue weighted by atomic mass is 9.95. The van der Waals surface area contributed by atoms with E-state index in [1.807, 2.05) is 0 Å². The number of carbonyl (C=O) groups is 1. The fraction of sp³-hybridized carbons (Fsp3) is 0.588. The van der Waals surface area contributed by atoms with Crippen molar-refractivity contribution in [2.75, 3.05) is 0 Å². The average Bonchev–Trinajstić information content (AvgIpc) is 2.34. The summed E-state index contributed by atoms with van der Waals surface area (Å²) < 4.78 is 13.8. The maximum atomic E-state index is 13.8. The second-order valence-electron chi connectivity index (χ2n) is 6.48. The summed E-state index contributed by atoms with van der Waals surface area (Å²) in [7, 11) is 0. The van der Waals surface area contributed by atoms with Gasteiger partial charge in [-0.05, 0) is 56.7 Å². The van der Waals surface area contributed by atoms with Crippen LogP contribution in [0.25, 0.3) is 0 Å². The molecule has 1 rings (SSSR count). The van der Waals surface area contributed by atoms with Crippen LogP contribution in [0.4, 0.5) is 4.39 Å². The van der Waals surface area contributed by atoms with Crippen LogP contribution in [0.5, 0.6) is 0 Å². The molecule has 0 saturated carbocycles. The first-order chi connectivity index (χ1) is 9.19. The van der Waals surface area contributed by atoms with E-state index in [0.717, 1.165) is 18.4 Å². The zero-order valence-corrected chi connectivity index (χ0v) is 12.9. The fourth-order valence-electron chi connectivity index (χ4n) is 1.95. The van der Waals surface area contributed by atoms with Gasteiger partial charge in [-0.2, -0.15) is 0 Å². The normalized spacial score (nSPS) is 11.9. The van der Waals surface area contributed by atoms with E-state index in [-0.39, 0.29) is 17.8 Å². The number of Topliss-reactive ketones (excluding diaryl/α,β-unsaturated/α-hetero) is 1. The molecular weight excluding hydrogens is 255 g/mol. The van der Waals surface area contributed by atoms with Crippen molar-refractivity contribution >= 4 is 5.78 Å². The summed E-state index contributed by atoms with van der Waals surface area (Å²) in [4.78, 5) is 12.1. The first kappa shape index (κ1) is 16.8.